The van der Waals surface area contributed by atoms with Crippen LogP contribution in [0.1, 0.15) is 40.0 Å². The number of aryl methyl sites for hydroxylation is 1. The lowest BCUT2D eigenvalue weighted by molar-refractivity contribution is -0.115. The first kappa shape index (κ1) is 23.0. The van der Waals surface area contributed by atoms with Gasteiger partial charge in [0.15, 0.2) is 0 Å². The number of carbonyl (C=O) groups is 2. The Morgan fingerprint density at radius 3 is 2.38 bits per heavy atom. The highest BCUT2D eigenvalue weighted by atomic mass is 16.5. The summed E-state index contributed by atoms with van der Waals surface area (Å²) in [5, 5.41) is 8.95. The first-order valence-corrected chi connectivity index (χ1v) is 10.6. The van der Waals surface area contributed by atoms with Crippen LogP contribution in [0.2, 0.25) is 0 Å². The Morgan fingerprint density at radius 1 is 0.938 bits per heavy atom. The fourth-order valence-corrected chi connectivity index (χ4v) is 3.35. The van der Waals surface area contributed by atoms with Crippen LogP contribution in [-0.4, -0.2) is 25.5 Å². The molecule has 2 amide bonds. The number of anilines is 1. The minimum absolute atomic E-state index is 0.0787. The first-order valence-electron chi connectivity index (χ1n) is 10.6. The molecule has 6 heteroatoms. The molecule has 0 saturated heterocycles. The van der Waals surface area contributed by atoms with E-state index < -0.39 is 0 Å². The number of methoxy groups -OCH3 is 1. The van der Waals surface area contributed by atoms with Crippen LogP contribution >= 0.6 is 0 Å². The van der Waals surface area contributed by atoms with E-state index in [9.17, 15) is 9.59 Å². The van der Waals surface area contributed by atoms with Gasteiger partial charge in [0, 0.05) is 18.2 Å². The molecular weight excluding hydrogens is 402 g/mol. The van der Waals surface area contributed by atoms with E-state index in [0.29, 0.717) is 17.8 Å². The van der Waals surface area contributed by atoms with Gasteiger partial charge < -0.3 is 20.7 Å². The monoisotopic (exact) mass is 431 g/mol. The van der Waals surface area contributed by atoms with E-state index in [0.717, 1.165) is 16.9 Å². The third-order valence-electron chi connectivity index (χ3n) is 5.19. The minimum Gasteiger partial charge on any atom is -0.496 e. The van der Waals surface area contributed by atoms with E-state index in [4.69, 9.17) is 4.74 Å². The summed E-state index contributed by atoms with van der Waals surface area (Å²) < 4.78 is 5.39. The van der Waals surface area contributed by atoms with E-state index in [1.807, 2.05) is 62.4 Å². The van der Waals surface area contributed by atoms with Gasteiger partial charge >= 0.3 is 0 Å². The Balaban J connectivity index is 1.58. The lowest BCUT2D eigenvalue weighted by atomic mass is 10.1. The summed E-state index contributed by atoms with van der Waals surface area (Å²) in [7, 11) is 1.62. The highest BCUT2D eigenvalue weighted by molar-refractivity contribution is 6.04. The molecule has 0 heterocycles. The Morgan fingerprint density at radius 2 is 1.62 bits per heavy atom. The Kier molecular flexibility index (Phi) is 8.00. The van der Waals surface area contributed by atoms with Gasteiger partial charge in [0.25, 0.3) is 5.91 Å². The number of para-hydroxylation sites is 2. The van der Waals surface area contributed by atoms with Gasteiger partial charge in [0.05, 0.1) is 24.9 Å². The highest BCUT2D eigenvalue weighted by Gasteiger charge is 2.15. The Hall–Kier alpha value is -3.64. The van der Waals surface area contributed by atoms with Crippen molar-refractivity contribution in [1.29, 1.82) is 0 Å². The summed E-state index contributed by atoms with van der Waals surface area (Å²) in [6.07, 6.45) is 0. The van der Waals surface area contributed by atoms with Crippen molar-refractivity contribution in [2.75, 3.05) is 19.0 Å². The lowest BCUT2D eigenvalue weighted by Crippen LogP contribution is -2.31. The van der Waals surface area contributed by atoms with Gasteiger partial charge in [-0.2, -0.15) is 0 Å². The van der Waals surface area contributed by atoms with E-state index >= 15 is 0 Å². The van der Waals surface area contributed by atoms with Crippen LogP contribution in [0.3, 0.4) is 0 Å². The number of amides is 2. The molecule has 3 N–H and O–H groups in total. The van der Waals surface area contributed by atoms with Crippen molar-refractivity contribution in [2.45, 2.75) is 26.4 Å². The van der Waals surface area contributed by atoms with Gasteiger partial charge in [-0.3, -0.25) is 9.59 Å². The highest BCUT2D eigenvalue weighted by Crippen LogP contribution is 2.24. The molecule has 0 saturated carbocycles. The molecule has 1 atom stereocenters. The molecule has 32 heavy (non-hydrogen) atoms. The van der Waals surface area contributed by atoms with Gasteiger partial charge in [0.1, 0.15) is 5.75 Å². The largest absolute Gasteiger partial charge is 0.496 e. The predicted molar refractivity (Wildman–Crippen MR) is 127 cm³/mol. The molecule has 0 spiro atoms. The molecule has 0 aliphatic heterocycles. The number of hydrogen-bond acceptors (Lipinski definition) is 4. The molecule has 3 aromatic carbocycles. The number of benzene rings is 3. The second-order valence-corrected chi connectivity index (χ2v) is 7.61. The van der Waals surface area contributed by atoms with Crippen LogP contribution in [0.15, 0.2) is 72.8 Å². The number of carbonyl (C=O) groups excluding carboxylic acids is 2. The zero-order chi connectivity index (χ0) is 22.9. The van der Waals surface area contributed by atoms with Crippen molar-refractivity contribution >= 4 is 17.5 Å². The Bertz CT molecular complexity index is 1060. The van der Waals surface area contributed by atoms with E-state index in [2.05, 4.69) is 16.0 Å². The molecular formula is C26H29N3O3. The molecule has 0 aliphatic rings. The summed E-state index contributed by atoms with van der Waals surface area (Å²) in [4.78, 5) is 25.3. The molecule has 0 aliphatic carbocycles. The summed E-state index contributed by atoms with van der Waals surface area (Å²) in [6.45, 7) is 4.50. The predicted octanol–water partition coefficient (Wildman–Crippen LogP) is 4.22. The molecule has 0 aromatic heterocycles. The summed E-state index contributed by atoms with van der Waals surface area (Å²) >= 11 is 0. The molecule has 166 valence electrons. The molecule has 0 radical (unpaired) electrons. The summed E-state index contributed by atoms with van der Waals surface area (Å²) in [5.74, 6) is 0.297. The average Bonchev–Trinajstić information content (AvgIpc) is 2.82. The van der Waals surface area contributed by atoms with Crippen molar-refractivity contribution < 1.29 is 14.3 Å². The lowest BCUT2D eigenvalue weighted by Gasteiger charge is -2.17. The fourth-order valence-electron chi connectivity index (χ4n) is 3.35. The van der Waals surface area contributed by atoms with Crippen molar-refractivity contribution in [1.82, 2.24) is 10.6 Å². The molecule has 0 fully saturated rings. The normalized spacial score (nSPS) is 11.5. The minimum atomic E-state index is -0.239. The topological polar surface area (TPSA) is 79.5 Å². The Labute approximate surface area is 189 Å². The number of hydrogen-bond donors (Lipinski definition) is 3. The van der Waals surface area contributed by atoms with Crippen molar-refractivity contribution in [2.24, 2.45) is 0 Å². The van der Waals surface area contributed by atoms with Gasteiger partial charge in [-0.25, -0.2) is 0 Å². The fraction of sp³-hybridized carbons (Fsp3) is 0.231. The second kappa shape index (κ2) is 11.1. The molecule has 1 unspecified atom stereocenters. The molecule has 3 aromatic rings. The maximum absolute atomic E-state index is 12.7. The smallest absolute Gasteiger partial charge is 0.253 e. The van der Waals surface area contributed by atoms with E-state index in [-0.39, 0.29) is 24.4 Å². The first-order chi connectivity index (χ1) is 15.5. The zero-order valence-electron chi connectivity index (χ0n) is 18.6. The van der Waals surface area contributed by atoms with Crippen molar-refractivity contribution in [3.05, 3.63) is 95.1 Å². The standard InChI is InChI=1S/C26H29N3O3/c1-18-12-14-20(15-13-18)16-28-26(31)22-9-4-6-10-23(22)29-25(30)17-27-19(2)21-8-5-7-11-24(21)32-3/h4-15,19,27H,16-17H2,1-3H3,(H,28,31)(H,29,30). The van der Waals surface area contributed by atoms with Crippen LogP contribution in [-0.2, 0) is 11.3 Å². The second-order valence-electron chi connectivity index (χ2n) is 7.61. The third kappa shape index (κ3) is 6.18. The van der Waals surface area contributed by atoms with E-state index in [1.54, 1.807) is 31.4 Å². The summed E-state index contributed by atoms with van der Waals surface area (Å²) in [6, 6.07) is 22.6. The maximum Gasteiger partial charge on any atom is 0.253 e. The number of rotatable bonds is 9. The average molecular weight is 432 g/mol. The van der Waals surface area contributed by atoms with E-state index in [1.165, 1.54) is 5.56 Å². The molecule has 3 rings (SSSR count). The van der Waals surface area contributed by atoms with Crippen LogP contribution in [0, 0.1) is 6.92 Å². The van der Waals surface area contributed by atoms with Gasteiger partial charge in [-0.15, -0.1) is 0 Å². The third-order valence-corrected chi connectivity index (χ3v) is 5.19. The van der Waals surface area contributed by atoms with Crippen LogP contribution in [0.25, 0.3) is 0 Å². The SMILES string of the molecule is COc1ccccc1C(C)NCC(=O)Nc1ccccc1C(=O)NCc1ccc(C)cc1. The van der Waals surface area contributed by atoms with Crippen LogP contribution in [0.4, 0.5) is 5.69 Å². The van der Waals surface area contributed by atoms with Crippen molar-refractivity contribution in [3.8, 4) is 5.75 Å². The zero-order valence-corrected chi connectivity index (χ0v) is 18.6. The van der Waals surface area contributed by atoms with Crippen molar-refractivity contribution in [3.63, 3.8) is 0 Å². The van der Waals surface area contributed by atoms with Crippen LogP contribution in [0.5, 0.6) is 5.75 Å². The summed E-state index contributed by atoms with van der Waals surface area (Å²) in [5.41, 5.74) is 4.05. The number of ether oxygens (including phenoxy) is 1. The van der Waals surface area contributed by atoms with Gasteiger partial charge in [0.2, 0.25) is 5.91 Å². The quantitative estimate of drug-likeness (QED) is 0.474. The van der Waals surface area contributed by atoms with Gasteiger partial charge in [-0.1, -0.05) is 60.2 Å². The molecule has 0 bridgehead atoms. The number of nitrogens with one attached hydrogen (secondary N) is 3. The van der Waals surface area contributed by atoms with Gasteiger partial charge in [-0.05, 0) is 37.6 Å². The van der Waals surface area contributed by atoms with Crippen LogP contribution < -0.4 is 20.7 Å². The maximum atomic E-state index is 12.7. The molecule has 6 nitrogen and oxygen atoms in total.